The monoisotopic (exact) mass is 189 g/mol. The molecule has 0 bridgehead atoms. The number of ether oxygens (including phenoxy) is 2. The Balaban J connectivity index is 2.90. The number of thiophene rings is 1. The van der Waals surface area contributed by atoms with Gasteiger partial charge in [-0.3, -0.25) is 4.84 Å². The van der Waals surface area contributed by atoms with Gasteiger partial charge >= 0.3 is 0 Å². The van der Waals surface area contributed by atoms with Gasteiger partial charge < -0.3 is 9.47 Å². The first-order chi connectivity index (χ1) is 5.83. The van der Waals surface area contributed by atoms with Crippen molar-refractivity contribution in [2.24, 2.45) is 5.90 Å². The van der Waals surface area contributed by atoms with Crippen molar-refractivity contribution in [1.82, 2.24) is 0 Å². The van der Waals surface area contributed by atoms with E-state index in [1.165, 1.54) is 11.3 Å². The fraction of sp³-hybridized carbons (Fsp3) is 0.429. The average Bonchev–Trinajstić information content (AvgIpc) is 2.48. The number of hydrogen-bond acceptors (Lipinski definition) is 5. The molecule has 0 radical (unpaired) electrons. The summed E-state index contributed by atoms with van der Waals surface area (Å²) < 4.78 is 10.2. The first-order valence-corrected chi connectivity index (χ1v) is 4.21. The highest BCUT2D eigenvalue weighted by Gasteiger charge is 2.12. The van der Waals surface area contributed by atoms with Crippen LogP contribution in [-0.2, 0) is 11.4 Å². The molecule has 1 heterocycles. The first kappa shape index (κ1) is 9.31. The molecule has 0 atom stereocenters. The summed E-state index contributed by atoms with van der Waals surface area (Å²) in [5.74, 6) is 5.71. The summed E-state index contributed by atoms with van der Waals surface area (Å²) in [5.41, 5.74) is 0.854. The third-order valence-corrected chi connectivity index (χ3v) is 2.41. The molecular formula is C7H11NO3S. The maximum absolute atomic E-state index is 5.08. The van der Waals surface area contributed by atoms with Crippen LogP contribution in [0.2, 0.25) is 0 Å². The van der Waals surface area contributed by atoms with Crippen LogP contribution in [0.15, 0.2) is 5.38 Å². The average molecular weight is 189 g/mol. The van der Waals surface area contributed by atoms with E-state index in [1.54, 1.807) is 14.2 Å². The predicted molar refractivity (Wildman–Crippen MR) is 46.4 cm³/mol. The highest BCUT2D eigenvalue weighted by atomic mass is 32.1. The van der Waals surface area contributed by atoms with E-state index in [4.69, 9.17) is 15.4 Å². The third kappa shape index (κ3) is 1.69. The Morgan fingerprint density at radius 2 is 2.17 bits per heavy atom. The minimum absolute atomic E-state index is 0.301. The summed E-state index contributed by atoms with van der Waals surface area (Å²) in [4.78, 5) is 4.52. The number of hydrogen-bond donors (Lipinski definition) is 1. The van der Waals surface area contributed by atoms with Crippen molar-refractivity contribution in [3.05, 3.63) is 10.9 Å². The van der Waals surface area contributed by atoms with Crippen LogP contribution in [0, 0.1) is 0 Å². The molecule has 5 heteroatoms. The summed E-state index contributed by atoms with van der Waals surface area (Å²) in [6.07, 6.45) is 0. The van der Waals surface area contributed by atoms with Gasteiger partial charge in [0.25, 0.3) is 0 Å². The van der Waals surface area contributed by atoms with Gasteiger partial charge in [-0.25, -0.2) is 5.90 Å². The fourth-order valence-corrected chi connectivity index (χ4v) is 1.76. The van der Waals surface area contributed by atoms with E-state index in [9.17, 15) is 0 Å². The molecule has 1 aromatic rings. The Hall–Kier alpha value is -0.780. The lowest BCUT2D eigenvalue weighted by Crippen LogP contribution is -2.00. The molecule has 0 saturated carbocycles. The second kappa shape index (κ2) is 4.30. The van der Waals surface area contributed by atoms with Crippen molar-refractivity contribution < 1.29 is 14.3 Å². The van der Waals surface area contributed by atoms with Crippen LogP contribution < -0.4 is 15.4 Å². The summed E-state index contributed by atoms with van der Waals surface area (Å²) >= 11 is 1.46. The summed E-state index contributed by atoms with van der Waals surface area (Å²) in [6, 6.07) is 0. The van der Waals surface area contributed by atoms with Crippen LogP contribution in [0.1, 0.15) is 5.56 Å². The Labute approximate surface area is 74.8 Å². The largest absolute Gasteiger partial charge is 0.495 e. The lowest BCUT2D eigenvalue weighted by Gasteiger charge is -2.03. The molecule has 12 heavy (non-hydrogen) atoms. The van der Waals surface area contributed by atoms with Gasteiger partial charge in [-0.05, 0) is 0 Å². The van der Waals surface area contributed by atoms with Crippen molar-refractivity contribution in [1.29, 1.82) is 0 Å². The summed E-state index contributed by atoms with van der Waals surface area (Å²) in [5, 5.41) is 2.63. The fourth-order valence-electron chi connectivity index (χ4n) is 0.906. The Kier molecular flexibility index (Phi) is 3.33. The normalized spacial score (nSPS) is 9.92. The van der Waals surface area contributed by atoms with E-state index < -0.39 is 0 Å². The third-order valence-electron chi connectivity index (χ3n) is 1.45. The van der Waals surface area contributed by atoms with E-state index in [0.717, 1.165) is 16.4 Å². The van der Waals surface area contributed by atoms with Gasteiger partial charge in [0.05, 0.1) is 19.8 Å². The molecule has 1 aromatic heterocycles. The number of rotatable bonds is 4. The molecule has 0 saturated heterocycles. The van der Waals surface area contributed by atoms with Crippen LogP contribution in [0.25, 0.3) is 0 Å². The van der Waals surface area contributed by atoms with Crippen LogP contribution in [0.5, 0.6) is 10.8 Å². The highest BCUT2D eigenvalue weighted by molar-refractivity contribution is 7.12. The van der Waals surface area contributed by atoms with Gasteiger partial charge in [-0.15, -0.1) is 11.3 Å². The van der Waals surface area contributed by atoms with Crippen LogP contribution in [-0.4, -0.2) is 14.2 Å². The molecule has 0 fully saturated rings. The van der Waals surface area contributed by atoms with Gasteiger partial charge in [0.1, 0.15) is 12.4 Å². The smallest absolute Gasteiger partial charge is 0.182 e. The minimum Gasteiger partial charge on any atom is -0.495 e. The predicted octanol–water partition coefficient (Wildman–Crippen LogP) is 1.16. The Morgan fingerprint density at radius 1 is 1.42 bits per heavy atom. The van der Waals surface area contributed by atoms with Gasteiger partial charge in [0.15, 0.2) is 5.06 Å². The zero-order valence-electron chi connectivity index (χ0n) is 6.99. The van der Waals surface area contributed by atoms with E-state index in [2.05, 4.69) is 4.84 Å². The quantitative estimate of drug-likeness (QED) is 0.722. The van der Waals surface area contributed by atoms with Gasteiger partial charge in [0.2, 0.25) is 0 Å². The molecule has 0 unspecified atom stereocenters. The zero-order chi connectivity index (χ0) is 8.97. The molecule has 68 valence electrons. The van der Waals surface area contributed by atoms with Crippen molar-refractivity contribution >= 4 is 11.3 Å². The Morgan fingerprint density at radius 3 is 2.67 bits per heavy atom. The van der Waals surface area contributed by atoms with Crippen molar-refractivity contribution in [3.8, 4) is 10.8 Å². The van der Waals surface area contributed by atoms with Crippen molar-refractivity contribution in [2.45, 2.75) is 6.61 Å². The van der Waals surface area contributed by atoms with Crippen LogP contribution in [0.4, 0.5) is 0 Å². The lowest BCUT2D eigenvalue weighted by atomic mass is 10.3. The standard InChI is InChI=1S/C7H11NO3S/c1-9-6-4-12-7(10-2)5(6)3-11-8/h4H,3,8H2,1-2H3. The lowest BCUT2D eigenvalue weighted by molar-refractivity contribution is 0.120. The van der Waals surface area contributed by atoms with E-state index >= 15 is 0 Å². The first-order valence-electron chi connectivity index (χ1n) is 3.33. The Bertz CT molecular complexity index is 227. The maximum Gasteiger partial charge on any atom is 0.182 e. The second-order valence-corrected chi connectivity index (χ2v) is 2.93. The molecule has 0 aromatic carbocycles. The van der Waals surface area contributed by atoms with Crippen molar-refractivity contribution in [3.63, 3.8) is 0 Å². The number of methoxy groups -OCH3 is 2. The zero-order valence-corrected chi connectivity index (χ0v) is 7.81. The number of nitrogens with two attached hydrogens (primary N) is 1. The van der Waals surface area contributed by atoms with Gasteiger partial charge in [0, 0.05) is 5.38 Å². The molecule has 0 aliphatic carbocycles. The molecule has 0 spiro atoms. The molecule has 1 rings (SSSR count). The van der Waals surface area contributed by atoms with Crippen molar-refractivity contribution in [2.75, 3.05) is 14.2 Å². The van der Waals surface area contributed by atoms with Gasteiger partial charge in [-0.2, -0.15) is 0 Å². The molecular weight excluding hydrogens is 178 g/mol. The summed E-state index contributed by atoms with van der Waals surface area (Å²) in [7, 11) is 3.20. The second-order valence-electron chi connectivity index (χ2n) is 2.09. The van der Waals surface area contributed by atoms with E-state index in [-0.39, 0.29) is 0 Å². The minimum atomic E-state index is 0.301. The molecule has 0 aliphatic heterocycles. The molecule has 0 amide bonds. The topological polar surface area (TPSA) is 53.7 Å². The van der Waals surface area contributed by atoms with E-state index in [1.807, 2.05) is 5.38 Å². The van der Waals surface area contributed by atoms with Gasteiger partial charge in [-0.1, -0.05) is 0 Å². The van der Waals surface area contributed by atoms with Crippen LogP contribution in [0.3, 0.4) is 0 Å². The molecule has 2 N–H and O–H groups in total. The summed E-state index contributed by atoms with van der Waals surface area (Å²) in [6.45, 7) is 0.301. The highest BCUT2D eigenvalue weighted by Crippen LogP contribution is 2.35. The van der Waals surface area contributed by atoms with Crippen LogP contribution >= 0.6 is 11.3 Å². The molecule has 4 nitrogen and oxygen atoms in total. The molecule has 0 aliphatic rings. The van der Waals surface area contributed by atoms with E-state index in [0.29, 0.717) is 6.61 Å². The SMILES string of the molecule is COc1csc(OC)c1CON. The maximum atomic E-state index is 5.08.